The molecular formula is C33H36ClF3N4O. The molecule has 1 aliphatic carbocycles. The first-order valence-electron chi connectivity index (χ1n) is 14.7. The van der Waals surface area contributed by atoms with Gasteiger partial charge in [0.15, 0.2) is 0 Å². The molecule has 9 heteroatoms. The number of nitrogens with zero attached hydrogens (tertiary/aromatic N) is 3. The van der Waals surface area contributed by atoms with Crippen molar-refractivity contribution in [2.45, 2.75) is 57.2 Å². The highest BCUT2D eigenvalue weighted by Crippen LogP contribution is 2.38. The molecule has 42 heavy (non-hydrogen) atoms. The number of nitrogens with two attached hydrogens (primary N) is 1. The van der Waals surface area contributed by atoms with Crippen LogP contribution in [0.25, 0.3) is 22.0 Å². The molecule has 2 N–H and O–H groups in total. The zero-order chi connectivity index (χ0) is 29.3. The summed E-state index contributed by atoms with van der Waals surface area (Å²) >= 11 is 6.38. The van der Waals surface area contributed by atoms with E-state index in [0.717, 1.165) is 97.6 Å². The predicted octanol–water partition coefficient (Wildman–Crippen LogP) is 7.62. The molecule has 3 aromatic carbocycles. The van der Waals surface area contributed by atoms with E-state index in [4.69, 9.17) is 17.3 Å². The van der Waals surface area contributed by atoms with Gasteiger partial charge in [-0.15, -0.1) is 13.2 Å². The molecule has 2 aliphatic rings. The van der Waals surface area contributed by atoms with Crippen molar-refractivity contribution in [2.24, 2.45) is 5.73 Å². The summed E-state index contributed by atoms with van der Waals surface area (Å²) in [5.74, 6) is -0.217. The molecule has 2 heterocycles. The minimum Gasteiger partial charge on any atom is -0.406 e. The maximum Gasteiger partial charge on any atom is 0.573 e. The summed E-state index contributed by atoms with van der Waals surface area (Å²) in [6.45, 7) is 5.60. The van der Waals surface area contributed by atoms with Gasteiger partial charge in [-0.25, -0.2) is 0 Å². The van der Waals surface area contributed by atoms with E-state index in [-0.39, 0.29) is 11.8 Å². The zero-order valence-electron chi connectivity index (χ0n) is 23.5. The fourth-order valence-electron chi connectivity index (χ4n) is 6.38. The van der Waals surface area contributed by atoms with Crippen molar-refractivity contribution in [1.29, 1.82) is 0 Å². The number of piperazine rings is 1. The van der Waals surface area contributed by atoms with Crippen LogP contribution in [0.1, 0.15) is 42.9 Å². The molecular weight excluding hydrogens is 561 g/mol. The second-order valence-corrected chi connectivity index (χ2v) is 12.0. The molecule has 2 fully saturated rings. The number of fused-ring (bicyclic) bond motifs is 1. The van der Waals surface area contributed by atoms with Gasteiger partial charge in [0.1, 0.15) is 5.75 Å². The van der Waals surface area contributed by atoms with Crippen molar-refractivity contribution in [3.63, 3.8) is 0 Å². The van der Waals surface area contributed by atoms with Crippen molar-refractivity contribution in [3.05, 3.63) is 89.1 Å². The molecule has 1 saturated heterocycles. The van der Waals surface area contributed by atoms with Crippen molar-refractivity contribution >= 4 is 22.5 Å². The normalized spacial score (nSPS) is 20.7. The molecule has 6 rings (SSSR count). The molecule has 0 unspecified atom stereocenters. The summed E-state index contributed by atoms with van der Waals surface area (Å²) in [4.78, 5) is 4.92. The highest BCUT2D eigenvalue weighted by Gasteiger charge is 2.31. The third-order valence-electron chi connectivity index (χ3n) is 8.65. The number of ether oxygens (including phenoxy) is 1. The van der Waals surface area contributed by atoms with Gasteiger partial charge >= 0.3 is 6.36 Å². The summed E-state index contributed by atoms with van der Waals surface area (Å²) in [6, 6.07) is 21.5. The Balaban J connectivity index is 1.22. The highest BCUT2D eigenvalue weighted by molar-refractivity contribution is 6.31. The van der Waals surface area contributed by atoms with Crippen LogP contribution in [0.15, 0.2) is 72.9 Å². The predicted molar refractivity (Wildman–Crippen MR) is 162 cm³/mol. The fraction of sp³-hybridized carbons (Fsp3) is 0.394. The van der Waals surface area contributed by atoms with Crippen LogP contribution >= 0.6 is 11.6 Å². The molecule has 0 bridgehead atoms. The first-order valence-corrected chi connectivity index (χ1v) is 15.0. The lowest BCUT2D eigenvalue weighted by Gasteiger charge is -2.35. The highest BCUT2D eigenvalue weighted by atomic mass is 35.5. The van der Waals surface area contributed by atoms with Crippen LogP contribution in [0.4, 0.5) is 13.2 Å². The van der Waals surface area contributed by atoms with E-state index in [0.29, 0.717) is 6.04 Å². The van der Waals surface area contributed by atoms with Gasteiger partial charge in [-0.3, -0.25) is 9.80 Å². The summed E-state index contributed by atoms with van der Waals surface area (Å²) < 4.78 is 44.7. The van der Waals surface area contributed by atoms with Crippen LogP contribution in [0.3, 0.4) is 0 Å². The number of benzene rings is 3. The maximum atomic E-state index is 12.7. The monoisotopic (exact) mass is 596 g/mol. The van der Waals surface area contributed by atoms with E-state index < -0.39 is 6.36 Å². The lowest BCUT2D eigenvalue weighted by Crippen LogP contribution is -2.45. The van der Waals surface area contributed by atoms with Crippen molar-refractivity contribution in [1.82, 2.24) is 14.4 Å². The van der Waals surface area contributed by atoms with Crippen molar-refractivity contribution in [2.75, 3.05) is 26.2 Å². The lowest BCUT2D eigenvalue weighted by atomic mass is 9.91. The van der Waals surface area contributed by atoms with E-state index in [1.807, 2.05) is 18.2 Å². The Morgan fingerprint density at radius 3 is 2.17 bits per heavy atom. The Bertz CT molecular complexity index is 1500. The van der Waals surface area contributed by atoms with Gasteiger partial charge < -0.3 is 15.0 Å². The number of aromatic nitrogens is 1. The Morgan fingerprint density at radius 1 is 0.833 bits per heavy atom. The van der Waals surface area contributed by atoms with Gasteiger partial charge in [0.05, 0.1) is 0 Å². The van der Waals surface area contributed by atoms with Crippen LogP contribution in [-0.4, -0.2) is 53.0 Å². The number of alkyl halides is 3. The third-order valence-corrected chi connectivity index (χ3v) is 9.02. The minimum absolute atomic E-state index is 0.217. The van der Waals surface area contributed by atoms with Crippen LogP contribution in [0, 0.1) is 0 Å². The number of hydrogen-bond acceptors (Lipinski definition) is 4. The largest absolute Gasteiger partial charge is 0.573 e. The van der Waals surface area contributed by atoms with Gasteiger partial charge in [0.2, 0.25) is 0 Å². The zero-order valence-corrected chi connectivity index (χ0v) is 24.2. The summed E-state index contributed by atoms with van der Waals surface area (Å²) in [7, 11) is 0. The van der Waals surface area contributed by atoms with Crippen LogP contribution in [-0.2, 0) is 13.1 Å². The first-order chi connectivity index (χ1) is 20.2. The molecule has 0 amide bonds. The summed E-state index contributed by atoms with van der Waals surface area (Å²) in [6.07, 6.45) is 1.47. The van der Waals surface area contributed by atoms with E-state index in [2.05, 4.69) is 49.6 Å². The van der Waals surface area contributed by atoms with E-state index in [9.17, 15) is 13.2 Å². The molecule has 1 aromatic heterocycles. The first kappa shape index (κ1) is 29.1. The third kappa shape index (κ3) is 6.78. The van der Waals surface area contributed by atoms with Crippen LogP contribution < -0.4 is 10.5 Å². The van der Waals surface area contributed by atoms with E-state index >= 15 is 0 Å². The SMILES string of the molecule is NC1CCC(n2cc(-c3ccc(OC(F)(F)F)cc3)c3cc(CN4CCN(Cc5ccccc5Cl)CC4)ccc32)CC1. The minimum atomic E-state index is -4.71. The smallest absolute Gasteiger partial charge is 0.406 e. The Labute approximate surface area is 249 Å². The standard InChI is InChI=1S/C33H36ClF3N4O/c34-31-4-2-1-3-25(31)21-40-17-15-39(16-18-40)20-23-5-14-32-29(19-23)30(22-41(32)27-10-8-26(38)9-11-27)24-6-12-28(13-7-24)42-33(35,36)37/h1-7,12-14,19,22,26-27H,8-11,15-18,20-21,38H2. The summed E-state index contributed by atoms with van der Waals surface area (Å²) in [5, 5.41) is 1.93. The second-order valence-electron chi connectivity index (χ2n) is 11.6. The fourth-order valence-corrected chi connectivity index (χ4v) is 6.58. The maximum absolute atomic E-state index is 12.7. The topological polar surface area (TPSA) is 46.7 Å². The van der Waals surface area contributed by atoms with Crippen LogP contribution in [0.5, 0.6) is 5.75 Å². The Hall–Kier alpha value is -3.04. The average Bonchev–Trinajstić information content (AvgIpc) is 3.34. The number of hydrogen-bond donors (Lipinski definition) is 1. The molecule has 5 nitrogen and oxygen atoms in total. The Morgan fingerprint density at radius 2 is 1.50 bits per heavy atom. The van der Waals surface area contributed by atoms with Gasteiger partial charge in [0.25, 0.3) is 0 Å². The Kier molecular flexibility index (Phi) is 8.50. The molecule has 4 aromatic rings. The molecule has 1 aliphatic heterocycles. The van der Waals surface area contributed by atoms with E-state index in [1.165, 1.54) is 17.7 Å². The van der Waals surface area contributed by atoms with Crippen molar-refractivity contribution < 1.29 is 17.9 Å². The molecule has 0 radical (unpaired) electrons. The molecule has 0 atom stereocenters. The van der Waals surface area contributed by atoms with Gasteiger partial charge in [-0.05, 0) is 72.7 Å². The van der Waals surface area contributed by atoms with Crippen LogP contribution in [0.2, 0.25) is 5.02 Å². The van der Waals surface area contributed by atoms with E-state index in [1.54, 1.807) is 12.1 Å². The lowest BCUT2D eigenvalue weighted by molar-refractivity contribution is -0.274. The number of halogens is 4. The average molecular weight is 597 g/mol. The molecule has 1 saturated carbocycles. The summed E-state index contributed by atoms with van der Waals surface area (Å²) in [5.41, 5.74) is 11.6. The molecule has 222 valence electrons. The quantitative estimate of drug-likeness (QED) is 0.238. The molecule has 0 spiro atoms. The second kappa shape index (κ2) is 12.3. The van der Waals surface area contributed by atoms with Gasteiger partial charge in [0, 0.05) is 79.0 Å². The van der Waals surface area contributed by atoms with Gasteiger partial charge in [-0.1, -0.05) is 48.0 Å². The number of rotatable bonds is 7. The van der Waals surface area contributed by atoms with Crippen molar-refractivity contribution in [3.8, 4) is 16.9 Å². The van der Waals surface area contributed by atoms with Gasteiger partial charge in [-0.2, -0.15) is 0 Å².